The average molecular weight is 334 g/mol. The molecule has 2 aliphatic heterocycles. The van der Waals surface area contributed by atoms with Crippen molar-refractivity contribution in [2.75, 3.05) is 38.4 Å². The Hall–Kier alpha value is -1.63. The van der Waals surface area contributed by atoms with Crippen LogP contribution in [0, 0.1) is 5.92 Å². The number of anilines is 1. The van der Waals surface area contributed by atoms with Gasteiger partial charge in [-0.15, -0.1) is 0 Å². The van der Waals surface area contributed by atoms with Gasteiger partial charge in [0.1, 0.15) is 11.3 Å². The lowest BCUT2D eigenvalue weighted by Gasteiger charge is -2.31. The van der Waals surface area contributed by atoms with Crippen molar-refractivity contribution in [2.45, 2.75) is 31.2 Å². The minimum absolute atomic E-state index is 0.151. The van der Waals surface area contributed by atoms with Crippen molar-refractivity contribution in [2.24, 2.45) is 11.7 Å². The Balaban J connectivity index is 1.49. The fourth-order valence-corrected chi connectivity index (χ4v) is 2.98. The van der Waals surface area contributed by atoms with E-state index in [-0.39, 0.29) is 5.91 Å². The van der Waals surface area contributed by atoms with Crippen LogP contribution in [0.5, 0.6) is 5.75 Å². The van der Waals surface area contributed by atoms with Crippen LogP contribution in [0.2, 0.25) is 0 Å². The number of ether oxygens (including phenoxy) is 3. The summed E-state index contributed by atoms with van der Waals surface area (Å²) in [7, 11) is 0. The maximum absolute atomic E-state index is 12.4. The Morgan fingerprint density at radius 3 is 2.42 bits per heavy atom. The number of nitrogens with one attached hydrogen (secondary N) is 1. The van der Waals surface area contributed by atoms with E-state index in [0.29, 0.717) is 38.6 Å². The summed E-state index contributed by atoms with van der Waals surface area (Å²) in [6.07, 6.45) is 3.20. The highest BCUT2D eigenvalue weighted by Gasteiger charge is 2.35. The van der Waals surface area contributed by atoms with Crippen molar-refractivity contribution in [3.8, 4) is 5.75 Å². The molecule has 2 heterocycles. The molecule has 6 nitrogen and oxygen atoms in total. The largest absolute Gasteiger partial charge is 0.493 e. The van der Waals surface area contributed by atoms with Crippen LogP contribution in [0.4, 0.5) is 5.69 Å². The summed E-state index contributed by atoms with van der Waals surface area (Å²) in [6, 6.07) is 7.45. The quantitative estimate of drug-likeness (QED) is 0.860. The van der Waals surface area contributed by atoms with Gasteiger partial charge in [-0.1, -0.05) is 0 Å². The Morgan fingerprint density at radius 1 is 1.12 bits per heavy atom. The van der Waals surface area contributed by atoms with Crippen molar-refractivity contribution in [3.05, 3.63) is 24.3 Å². The highest BCUT2D eigenvalue weighted by atomic mass is 16.5. The van der Waals surface area contributed by atoms with Gasteiger partial charge in [0.25, 0.3) is 0 Å². The molecule has 2 saturated heterocycles. The molecule has 0 aromatic heterocycles. The number of nitrogens with two attached hydrogens (primary N) is 1. The molecule has 132 valence electrons. The second kappa shape index (κ2) is 7.96. The minimum atomic E-state index is -0.837. The van der Waals surface area contributed by atoms with Crippen molar-refractivity contribution in [3.63, 3.8) is 0 Å². The fourth-order valence-electron chi connectivity index (χ4n) is 2.98. The van der Waals surface area contributed by atoms with E-state index in [2.05, 4.69) is 5.32 Å². The van der Waals surface area contributed by atoms with Gasteiger partial charge in [-0.05, 0) is 55.9 Å². The van der Waals surface area contributed by atoms with Crippen LogP contribution in [0.3, 0.4) is 0 Å². The molecule has 1 aromatic rings. The van der Waals surface area contributed by atoms with Crippen LogP contribution in [0.15, 0.2) is 24.3 Å². The van der Waals surface area contributed by atoms with Crippen LogP contribution in [0.25, 0.3) is 0 Å². The lowest BCUT2D eigenvalue weighted by molar-refractivity contribution is -0.124. The third kappa shape index (κ3) is 4.47. The van der Waals surface area contributed by atoms with Gasteiger partial charge in [-0.3, -0.25) is 4.79 Å². The Morgan fingerprint density at radius 2 is 1.75 bits per heavy atom. The van der Waals surface area contributed by atoms with E-state index < -0.39 is 5.54 Å². The summed E-state index contributed by atoms with van der Waals surface area (Å²) >= 11 is 0. The van der Waals surface area contributed by atoms with Crippen LogP contribution < -0.4 is 15.8 Å². The molecule has 2 fully saturated rings. The van der Waals surface area contributed by atoms with E-state index in [4.69, 9.17) is 19.9 Å². The third-order valence-electron chi connectivity index (χ3n) is 4.78. The lowest BCUT2D eigenvalue weighted by Crippen LogP contribution is -2.54. The summed E-state index contributed by atoms with van der Waals surface area (Å²) in [5, 5.41) is 2.89. The molecule has 3 N–H and O–H groups in total. The highest BCUT2D eigenvalue weighted by Crippen LogP contribution is 2.22. The smallest absolute Gasteiger partial charge is 0.244 e. The maximum Gasteiger partial charge on any atom is 0.244 e. The lowest BCUT2D eigenvalue weighted by atomic mass is 9.90. The number of carbonyl (C=O) groups excluding carboxylic acids is 1. The molecular weight excluding hydrogens is 308 g/mol. The molecule has 24 heavy (non-hydrogen) atoms. The van der Waals surface area contributed by atoms with Gasteiger partial charge < -0.3 is 25.3 Å². The normalized spacial score (nSPS) is 21.2. The summed E-state index contributed by atoms with van der Waals surface area (Å²) in [5.74, 6) is 1.22. The van der Waals surface area contributed by atoms with Crippen molar-refractivity contribution >= 4 is 11.6 Å². The van der Waals surface area contributed by atoms with Crippen LogP contribution in [0.1, 0.15) is 25.7 Å². The number of carbonyl (C=O) groups is 1. The second-order valence-electron chi connectivity index (χ2n) is 6.61. The number of amides is 1. The molecule has 0 aliphatic carbocycles. The van der Waals surface area contributed by atoms with Crippen molar-refractivity contribution in [1.29, 1.82) is 0 Å². The molecule has 0 saturated carbocycles. The van der Waals surface area contributed by atoms with Gasteiger partial charge >= 0.3 is 0 Å². The van der Waals surface area contributed by atoms with Gasteiger partial charge in [-0.2, -0.15) is 0 Å². The minimum Gasteiger partial charge on any atom is -0.493 e. The number of hydrogen-bond donors (Lipinski definition) is 2. The molecule has 0 atom stereocenters. The summed E-state index contributed by atoms with van der Waals surface area (Å²) < 4.78 is 16.5. The van der Waals surface area contributed by atoms with Gasteiger partial charge in [0.2, 0.25) is 5.91 Å². The van der Waals surface area contributed by atoms with E-state index in [1.165, 1.54) is 0 Å². The predicted molar refractivity (Wildman–Crippen MR) is 91.1 cm³/mol. The number of hydrogen-bond acceptors (Lipinski definition) is 5. The molecule has 0 radical (unpaired) electrons. The molecule has 0 bridgehead atoms. The monoisotopic (exact) mass is 334 g/mol. The van der Waals surface area contributed by atoms with Gasteiger partial charge in [0.05, 0.1) is 6.61 Å². The molecule has 0 unspecified atom stereocenters. The van der Waals surface area contributed by atoms with E-state index in [9.17, 15) is 4.79 Å². The molecule has 1 aromatic carbocycles. The zero-order chi connectivity index (χ0) is 16.8. The molecule has 1 amide bonds. The molecule has 2 aliphatic rings. The van der Waals surface area contributed by atoms with Gasteiger partial charge in [-0.25, -0.2) is 0 Å². The summed E-state index contributed by atoms with van der Waals surface area (Å²) in [6.45, 7) is 3.42. The Kier molecular flexibility index (Phi) is 5.71. The highest BCUT2D eigenvalue weighted by molar-refractivity contribution is 5.98. The zero-order valence-corrected chi connectivity index (χ0v) is 14.0. The van der Waals surface area contributed by atoms with Crippen molar-refractivity contribution < 1.29 is 19.0 Å². The average Bonchev–Trinajstić information content (AvgIpc) is 2.62. The number of benzene rings is 1. The SMILES string of the molecule is NC1(C(=O)Nc2ccc(OCC3CCOCC3)cc2)CCOCC1. The second-order valence-corrected chi connectivity index (χ2v) is 6.61. The van der Waals surface area contributed by atoms with Crippen LogP contribution in [-0.2, 0) is 14.3 Å². The first-order valence-corrected chi connectivity index (χ1v) is 8.64. The van der Waals surface area contributed by atoms with Gasteiger partial charge in [0.15, 0.2) is 0 Å². The Labute approximate surface area is 142 Å². The summed E-state index contributed by atoms with van der Waals surface area (Å²) in [4.78, 5) is 12.4. The van der Waals surface area contributed by atoms with Crippen molar-refractivity contribution in [1.82, 2.24) is 0 Å². The van der Waals surface area contributed by atoms with E-state index in [1.54, 1.807) is 0 Å². The van der Waals surface area contributed by atoms with Gasteiger partial charge in [0, 0.05) is 32.1 Å². The number of rotatable bonds is 5. The zero-order valence-electron chi connectivity index (χ0n) is 14.0. The first-order valence-electron chi connectivity index (χ1n) is 8.64. The van der Waals surface area contributed by atoms with E-state index >= 15 is 0 Å². The van der Waals surface area contributed by atoms with E-state index in [1.807, 2.05) is 24.3 Å². The van der Waals surface area contributed by atoms with E-state index in [0.717, 1.165) is 37.5 Å². The van der Waals surface area contributed by atoms with Crippen LogP contribution >= 0.6 is 0 Å². The first-order chi connectivity index (χ1) is 11.7. The molecular formula is C18H26N2O4. The maximum atomic E-state index is 12.4. The topological polar surface area (TPSA) is 82.8 Å². The first kappa shape index (κ1) is 17.2. The molecule has 0 spiro atoms. The Bertz CT molecular complexity index is 534. The molecule has 3 rings (SSSR count). The predicted octanol–water partition coefficient (Wildman–Crippen LogP) is 1.94. The molecule has 6 heteroatoms. The van der Waals surface area contributed by atoms with Crippen LogP contribution in [-0.4, -0.2) is 44.5 Å². The fraction of sp³-hybridized carbons (Fsp3) is 0.611. The standard InChI is InChI=1S/C18H26N2O4/c19-18(7-11-23-12-8-18)17(21)20-15-1-3-16(4-2-15)24-13-14-5-9-22-10-6-14/h1-4,14H,5-13,19H2,(H,20,21). The summed E-state index contributed by atoms with van der Waals surface area (Å²) in [5.41, 5.74) is 6.08. The third-order valence-corrected chi connectivity index (χ3v) is 4.78.